The van der Waals surface area contributed by atoms with Gasteiger partial charge in [0.25, 0.3) is 0 Å². The Hall–Kier alpha value is -2.96. The number of benzene rings is 2. The van der Waals surface area contributed by atoms with E-state index < -0.39 is 24.6 Å². The van der Waals surface area contributed by atoms with E-state index in [1.807, 2.05) is 38.1 Å². The zero-order valence-electron chi connectivity index (χ0n) is 17.0. The Morgan fingerprint density at radius 1 is 1.10 bits per heavy atom. The second-order valence-electron chi connectivity index (χ2n) is 7.63. The molecular formula is C24H26FNO4. The van der Waals surface area contributed by atoms with Gasteiger partial charge in [-0.1, -0.05) is 42.5 Å². The summed E-state index contributed by atoms with van der Waals surface area (Å²) in [6.07, 6.45) is 0.524. The van der Waals surface area contributed by atoms with Crippen LogP contribution in [0.5, 0.6) is 0 Å². The van der Waals surface area contributed by atoms with E-state index in [1.54, 1.807) is 24.3 Å². The first-order valence-corrected chi connectivity index (χ1v) is 9.93. The van der Waals surface area contributed by atoms with E-state index >= 15 is 0 Å². The van der Waals surface area contributed by atoms with Gasteiger partial charge in [-0.05, 0) is 32.1 Å². The predicted octanol–water partition coefficient (Wildman–Crippen LogP) is 4.63. The molecule has 2 unspecified atom stereocenters. The molecule has 1 aromatic heterocycles. The highest BCUT2D eigenvalue weighted by molar-refractivity contribution is 6.01. The van der Waals surface area contributed by atoms with Crippen molar-refractivity contribution in [3.8, 4) is 11.1 Å². The third kappa shape index (κ3) is 4.61. The highest BCUT2D eigenvalue weighted by Gasteiger charge is 2.21. The van der Waals surface area contributed by atoms with Crippen LogP contribution in [-0.2, 0) is 4.79 Å². The largest absolute Gasteiger partial charge is 0.481 e. The summed E-state index contributed by atoms with van der Waals surface area (Å²) in [7, 11) is 0. The summed E-state index contributed by atoms with van der Waals surface area (Å²) in [5.41, 5.74) is 2.88. The van der Waals surface area contributed by atoms with Crippen molar-refractivity contribution < 1.29 is 24.5 Å². The molecular weight excluding hydrogens is 385 g/mol. The van der Waals surface area contributed by atoms with E-state index in [0.29, 0.717) is 5.56 Å². The fourth-order valence-corrected chi connectivity index (χ4v) is 3.79. The van der Waals surface area contributed by atoms with Crippen LogP contribution in [0.2, 0.25) is 0 Å². The molecule has 3 rings (SSSR count). The maximum Gasteiger partial charge on any atom is 0.305 e. The van der Waals surface area contributed by atoms with Crippen LogP contribution in [0, 0.1) is 5.82 Å². The first-order chi connectivity index (χ1) is 14.3. The van der Waals surface area contributed by atoms with Crippen LogP contribution in [0.3, 0.4) is 0 Å². The highest BCUT2D eigenvalue weighted by atomic mass is 19.1. The number of hydrogen-bond acceptors (Lipinski definition) is 3. The van der Waals surface area contributed by atoms with Gasteiger partial charge in [-0.25, -0.2) is 4.39 Å². The van der Waals surface area contributed by atoms with Gasteiger partial charge in [0.2, 0.25) is 0 Å². The summed E-state index contributed by atoms with van der Waals surface area (Å²) in [6.45, 7) is 4.06. The van der Waals surface area contributed by atoms with Crippen molar-refractivity contribution in [1.29, 1.82) is 0 Å². The Morgan fingerprint density at radius 2 is 1.77 bits per heavy atom. The van der Waals surface area contributed by atoms with Crippen LogP contribution in [0.1, 0.15) is 38.4 Å². The second kappa shape index (κ2) is 9.24. The minimum atomic E-state index is -1.15. The van der Waals surface area contributed by atoms with Gasteiger partial charge in [-0.2, -0.15) is 0 Å². The number of aromatic nitrogens is 1. The molecule has 6 heteroatoms. The van der Waals surface area contributed by atoms with E-state index in [9.17, 15) is 19.4 Å². The molecule has 158 valence electrons. The Morgan fingerprint density at radius 3 is 2.43 bits per heavy atom. The molecule has 2 aromatic carbocycles. The maximum atomic E-state index is 14.7. The molecule has 0 aliphatic carbocycles. The van der Waals surface area contributed by atoms with Gasteiger partial charge in [-0.3, -0.25) is 4.79 Å². The molecule has 3 aromatic rings. The SMILES string of the molecule is CC(C)n1c(/C=C/C(O)CC(O)CC(=O)O)c(-c2ccccc2F)c2ccccc21. The normalized spacial score (nSPS) is 13.9. The van der Waals surface area contributed by atoms with E-state index in [2.05, 4.69) is 4.57 Å². The van der Waals surface area contributed by atoms with Crippen LogP contribution in [0.4, 0.5) is 4.39 Å². The number of halogens is 1. The first kappa shape index (κ1) is 21.7. The van der Waals surface area contributed by atoms with E-state index in [-0.39, 0.29) is 18.3 Å². The molecule has 0 radical (unpaired) electrons. The van der Waals surface area contributed by atoms with Gasteiger partial charge < -0.3 is 19.9 Å². The third-order valence-electron chi connectivity index (χ3n) is 5.01. The number of carboxylic acids is 1. The van der Waals surface area contributed by atoms with Gasteiger partial charge in [0.15, 0.2) is 0 Å². The molecule has 5 nitrogen and oxygen atoms in total. The van der Waals surface area contributed by atoms with Crippen molar-refractivity contribution in [2.75, 3.05) is 0 Å². The molecule has 0 saturated carbocycles. The second-order valence-corrected chi connectivity index (χ2v) is 7.63. The Labute approximate surface area is 174 Å². The van der Waals surface area contributed by atoms with Crippen molar-refractivity contribution in [2.45, 2.75) is 44.9 Å². The number of aliphatic hydroxyl groups excluding tert-OH is 2. The Bertz CT molecular complexity index is 1070. The first-order valence-electron chi connectivity index (χ1n) is 9.93. The molecule has 0 aliphatic rings. The van der Waals surface area contributed by atoms with E-state index in [1.165, 1.54) is 12.1 Å². The summed E-state index contributed by atoms with van der Waals surface area (Å²) in [5.74, 6) is -1.46. The molecule has 1 heterocycles. The van der Waals surface area contributed by atoms with E-state index in [0.717, 1.165) is 22.2 Å². The fraction of sp³-hybridized carbons (Fsp3) is 0.292. The number of aliphatic carboxylic acids is 1. The van der Waals surface area contributed by atoms with Crippen molar-refractivity contribution in [1.82, 2.24) is 4.57 Å². The molecule has 0 bridgehead atoms. The van der Waals surface area contributed by atoms with Crippen molar-refractivity contribution in [3.05, 3.63) is 66.1 Å². The summed E-state index contributed by atoms with van der Waals surface area (Å²) in [6, 6.07) is 14.4. The average Bonchev–Trinajstić information content (AvgIpc) is 3.00. The number of hydrogen-bond donors (Lipinski definition) is 3. The Balaban J connectivity index is 2.11. The van der Waals surface area contributed by atoms with Gasteiger partial charge in [0.05, 0.1) is 18.6 Å². The molecule has 3 N–H and O–H groups in total. The topological polar surface area (TPSA) is 82.7 Å². The molecule has 0 aliphatic heterocycles. The molecule has 0 spiro atoms. The van der Waals surface area contributed by atoms with Gasteiger partial charge in [-0.15, -0.1) is 0 Å². The minimum Gasteiger partial charge on any atom is -0.481 e. The van der Waals surface area contributed by atoms with Crippen molar-refractivity contribution >= 4 is 22.9 Å². The lowest BCUT2D eigenvalue weighted by atomic mass is 10.0. The van der Waals surface area contributed by atoms with Crippen LogP contribution in [-0.4, -0.2) is 38.1 Å². The zero-order chi connectivity index (χ0) is 21.8. The smallest absolute Gasteiger partial charge is 0.305 e. The maximum absolute atomic E-state index is 14.7. The number of nitrogens with zero attached hydrogens (tertiary/aromatic N) is 1. The van der Waals surface area contributed by atoms with Crippen LogP contribution >= 0.6 is 0 Å². The summed E-state index contributed by atoms with van der Waals surface area (Å²) in [4.78, 5) is 10.7. The standard InChI is InChI=1S/C24H26FNO4/c1-15(2)26-21-10-6-4-8-19(21)24(18-7-3-5-9-20(18)25)22(26)12-11-16(27)13-17(28)14-23(29)30/h3-12,15-17,27-28H,13-14H2,1-2H3,(H,29,30)/b12-11+. The molecule has 0 amide bonds. The molecule has 2 atom stereocenters. The molecule has 30 heavy (non-hydrogen) atoms. The average molecular weight is 411 g/mol. The van der Waals surface area contributed by atoms with Crippen molar-refractivity contribution in [3.63, 3.8) is 0 Å². The number of carbonyl (C=O) groups is 1. The molecule has 0 fully saturated rings. The summed E-state index contributed by atoms with van der Waals surface area (Å²) >= 11 is 0. The van der Waals surface area contributed by atoms with Crippen LogP contribution in [0.25, 0.3) is 28.1 Å². The predicted molar refractivity (Wildman–Crippen MR) is 116 cm³/mol. The van der Waals surface area contributed by atoms with Gasteiger partial charge in [0.1, 0.15) is 5.82 Å². The minimum absolute atomic E-state index is 0.0739. The summed E-state index contributed by atoms with van der Waals surface area (Å²) in [5, 5.41) is 29.7. The zero-order valence-corrected chi connectivity index (χ0v) is 17.0. The number of aliphatic hydroxyl groups is 2. The lowest BCUT2D eigenvalue weighted by Crippen LogP contribution is -2.19. The quantitative estimate of drug-likeness (QED) is 0.505. The lowest BCUT2D eigenvalue weighted by Gasteiger charge is -2.15. The van der Waals surface area contributed by atoms with Crippen LogP contribution in [0.15, 0.2) is 54.6 Å². The summed E-state index contributed by atoms with van der Waals surface area (Å²) < 4.78 is 16.8. The van der Waals surface area contributed by atoms with Gasteiger partial charge in [0, 0.05) is 40.2 Å². The van der Waals surface area contributed by atoms with Gasteiger partial charge >= 0.3 is 5.97 Å². The third-order valence-corrected chi connectivity index (χ3v) is 5.01. The van der Waals surface area contributed by atoms with Crippen molar-refractivity contribution in [2.24, 2.45) is 0 Å². The van der Waals surface area contributed by atoms with Crippen LogP contribution < -0.4 is 0 Å². The Kier molecular flexibility index (Phi) is 6.70. The number of fused-ring (bicyclic) bond motifs is 1. The number of rotatable bonds is 8. The number of para-hydroxylation sites is 1. The molecule has 0 saturated heterocycles. The monoisotopic (exact) mass is 411 g/mol. The van der Waals surface area contributed by atoms with E-state index in [4.69, 9.17) is 5.11 Å². The highest BCUT2D eigenvalue weighted by Crippen LogP contribution is 2.38. The number of carboxylic acid groups (broad SMARTS) is 1. The lowest BCUT2D eigenvalue weighted by molar-refractivity contribution is -0.139. The fourth-order valence-electron chi connectivity index (χ4n) is 3.79.